The predicted molar refractivity (Wildman–Crippen MR) is 146 cm³/mol. The number of nitrogens with zero attached hydrogens (tertiary/aromatic N) is 1. The first-order valence-electron chi connectivity index (χ1n) is 12.2. The van der Waals surface area contributed by atoms with Gasteiger partial charge in [-0.15, -0.1) is 0 Å². The highest BCUT2D eigenvalue weighted by Gasteiger charge is 2.37. The van der Waals surface area contributed by atoms with Crippen molar-refractivity contribution in [2.45, 2.75) is 26.0 Å². The van der Waals surface area contributed by atoms with Gasteiger partial charge < -0.3 is 25.7 Å². The molecule has 3 aromatic rings. The van der Waals surface area contributed by atoms with E-state index in [-0.39, 0.29) is 28.2 Å². The Morgan fingerprint density at radius 3 is 2.05 bits per heavy atom. The minimum Gasteiger partial charge on any atom is -0.494 e. The monoisotopic (exact) mass is 535 g/mol. The average molecular weight is 536 g/mol. The lowest BCUT2D eigenvalue weighted by atomic mass is 10.1. The lowest BCUT2D eigenvalue weighted by Gasteiger charge is -2.23. The van der Waals surface area contributed by atoms with Crippen molar-refractivity contribution >= 4 is 46.2 Å². The van der Waals surface area contributed by atoms with Gasteiger partial charge in [0.15, 0.2) is 5.69 Å². The zero-order valence-corrected chi connectivity index (χ0v) is 22.2. The summed E-state index contributed by atoms with van der Waals surface area (Å²) in [5.41, 5.74) is 13.5. The number of hydrogen-bond acceptors (Lipinski definition) is 8. The summed E-state index contributed by atoms with van der Waals surface area (Å²) in [4.78, 5) is 39.8. The van der Waals surface area contributed by atoms with Crippen LogP contribution in [-0.2, 0) is 9.53 Å². The van der Waals surface area contributed by atoms with Gasteiger partial charge in [-0.05, 0) is 62.2 Å². The Labute approximate surface area is 224 Å². The minimum atomic E-state index is -0.848. The second-order valence-corrected chi connectivity index (χ2v) is 9.37. The zero-order chi connectivity index (χ0) is 27.4. The molecule has 0 saturated carbocycles. The van der Waals surface area contributed by atoms with Gasteiger partial charge in [0, 0.05) is 5.22 Å². The van der Waals surface area contributed by atoms with Gasteiger partial charge in [0.1, 0.15) is 16.7 Å². The van der Waals surface area contributed by atoms with E-state index in [1.807, 2.05) is 26.0 Å². The second-order valence-electron chi connectivity index (χ2n) is 8.26. The summed E-state index contributed by atoms with van der Waals surface area (Å²) >= 11 is 1.03. The summed E-state index contributed by atoms with van der Waals surface area (Å²) < 4.78 is 17.4. The highest BCUT2D eigenvalue weighted by molar-refractivity contribution is 8.10. The first-order valence-corrected chi connectivity index (χ1v) is 13.1. The topological polar surface area (TPSA) is 136 Å². The molecule has 0 aliphatic carbocycles. The van der Waals surface area contributed by atoms with Crippen molar-refractivity contribution in [2.75, 3.05) is 25.6 Å². The summed E-state index contributed by atoms with van der Waals surface area (Å²) in [6, 6.07) is 14.2. The molecule has 0 saturated heterocycles. The number of nitrogen functional groups attached to an aromatic ring is 1. The molecule has 1 atom stereocenters. The molecule has 1 aliphatic rings. The maximum atomic E-state index is 13.9. The van der Waals surface area contributed by atoms with Crippen LogP contribution in [0.25, 0.3) is 11.0 Å². The van der Waals surface area contributed by atoms with E-state index in [1.54, 1.807) is 49.4 Å². The van der Waals surface area contributed by atoms with E-state index >= 15 is 0 Å². The number of ether oxygens (including phenoxy) is 3. The van der Waals surface area contributed by atoms with Crippen LogP contribution in [-0.4, -0.2) is 42.2 Å². The van der Waals surface area contributed by atoms with Crippen molar-refractivity contribution in [3.05, 3.63) is 75.9 Å². The highest BCUT2D eigenvalue weighted by Crippen LogP contribution is 2.39. The second kappa shape index (κ2) is 11.5. The number of amides is 1. The maximum Gasteiger partial charge on any atom is 0.357 e. The van der Waals surface area contributed by atoms with Crippen LogP contribution in [0, 0.1) is 0 Å². The third-order valence-corrected chi connectivity index (χ3v) is 7.17. The number of esters is 1. The van der Waals surface area contributed by atoms with Gasteiger partial charge in [0.25, 0.3) is 5.91 Å². The van der Waals surface area contributed by atoms with Crippen molar-refractivity contribution in [1.29, 1.82) is 0 Å². The number of hydrogen-bond donors (Lipinski definition) is 2. The van der Waals surface area contributed by atoms with Gasteiger partial charge in [-0.1, -0.05) is 36.0 Å². The molecule has 0 fully saturated rings. The van der Waals surface area contributed by atoms with Crippen LogP contribution in [0.2, 0.25) is 0 Å². The van der Waals surface area contributed by atoms with Crippen LogP contribution in [0.4, 0.5) is 5.69 Å². The number of carbonyl (C=O) groups excluding carboxylic acids is 3. The molecular formula is C28H29N3O6S. The van der Waals surface area contributed by atoms with Crippen molar-refractivity contribution in [2.24, 2.45) is 5.73 Å². The van der Waals surface area contributed by atoms with E-state index in [4.69, 9.17) is 25.7 Å². The standard InChI is InChI=1S/C28H29N3O6S/c1-4-35-18-11-7-16(8-12-18)15-20-21(29)23(28(34)37-6-3)31-22(20)25(26(30)32)38-24(27(31)33)17-9-13-19(14-10-17)36-5-2/h7-15,24H,4-6,29H2,1-3H3,(H2,30,32)/b20-15+/t24-/m0/s1. The third-order valence-electron chi connectivity index (χ3n) is 5.83. The molecule has 1 aromatic heterocycles. The summed E-state index contributed by atoms with van der Waals surface area (Å²) in [5, 5.41) is -0.347. The fourth-order valence-electron chi connectivity index (χ4n) is 4.22. The van der Waals surface area contributed by atoms with Crippen molar-refractivity contribution in [1.82, 2.24) is 4.57 Å². The molecule has 2 aromatic carbocycles. The zero-order valence-electron chi connectivity index (χ0n) is 21.4. The Bertz CT molecular complexity index is 1490. The van der Waals surface area contributed by atoms with E-state index in [0.29, 0.717) is 35.5 Å². The van der Waals surface area contributed by atoms with Crippen molar-refractivity contribution in [3.8, 4) is 11.5 Å². The summed E-state index contributed by atoms with van der Waals surface area (Å²) in [5.74, 6) is -0.618. The lowest BCUT2D eigenvalue weighted by molar-refractivity contribution is -0.112. The van der Waals surface area contributed by atoms with Crippen LogP contribution in [0.1, 0.15) is 52.4 Å². The molecule has 4 N–H and O–H groups in total. The van der Waals surface area contributed by atoms with Gasteiger partial charge in [-0.3, -0.25) is 14.2 Å². The van der Waals surface area contributed by atoms with Crippen LogP contribution in [0.15, 0.2) is 48.5 Å². The Hall–Kier alpha value is -4.18. The Morgan fingerprint density at radius 2 is 1.53 bits per heavy atom. The Morgan fingerprint density at radius 1 is 0.947 bits per heavy atom. The van der Waals surface area contributed by atoms with Crippen LogP contribution in [0.5, 0.6) is 11.5 Å². The molecule has 4 rings (SSSR count). The van der Waals surface area contributed by atoms with Gasteiger partial charge >= 0.3 is 5.97 Å². The minimum absolute atomic E-state index is 0.0207. The van der Waals surface area contributed by atoms with Gasteiger partial charge in [-0.2, -0.15) is 0 Å². The van der Waals surface area contributed by atoms with Gasteiger partial charge in [-0.25, -0.2) is 4.79 Å². The van der Waals surface area contributed by atoms with Gasteiger partial charge in [0.05, 0.1) is 35.8 Å². The Kier molecular flexibility index (Phi) is 8.11. The fourth-order valence-corrected chi connectivity index (χ4v) is 5.39. The van der Waals surface area contributed by atoms with Crippen LogP contribution in [0.3, 0.4) is 0 Å². The molecule has 0 spiro atoms. The molecule has 198 valence electrons. The molecule has 0 unspecified atom stereocenters. The van der Waals surface area contributed by atoms with E-state index in [0.717, 1.165) is 17.3 Å². The molecule has 0 radical (unpaired) electrons. The SMILES string of the molecule is CCOC(=O)c1c(N)/c(=C\c2ccc(OCC)cc2)c2n1C(=O)[C@H](c1ccc(OCC)cc1)SC=2C(N)=O. The summed E-state index contributed by atoms with van der Waals surface area (Å²) in [7, 11) is 0. The lowest BCUT2D eigenvalue weighted by Crippen LogP contribution is -2.43. The normalized spacial score (nSPS) is 15.2. The smallest absolute Gasteiger partial charge is 0.357 e. The van der Waals surface area contributed by atoms with E-state index < -0.39 is 23.0 Å². The number of nitrogens with two attached hydrogens (primary N) is 2. The first kappa shape index (κ1) is 26.9. The molecule has 1 amide bonds. The Balaban J connectivity index is 1.96. The molecule has 2 heterocycles. The number of primary amides is 1. The average Bonchev–Trinajstić information content (AvgIpc) is 3.19. The number of rotatable bonds is 9. The van der Waals surface area contributed by atoms with Crippen LogP contribution < -0.4 is 31.5 Å². The molecule has 10 heteroatoms. The highest BCUT2D eigenvalue weighted by atomic mass is 32.2. The first-order chi connectivity index (χ1) is 18.3. The summed E-state index contributed by atoms with van der Waals surface area (Å²) in [6.45, 7) is 6.52. The maximum absolute atomic E-state index is 13.9. The number of carbonyl (C=O) groups is 3. The number of benzene rings is 2. The van der Waals surface area contributed by atoms with E-state index in [2.05, 4.69) is 0 Å². The van der Waals surface area contributed by atoms with Crippen molar-refractivity contribution in [3.63, 3.8) is 0 Å². The largest absolute Gasteiger partial charge is 0.494 e. The van der Waals surface area contributed by atoms with E-state index in [1.165, 1.54) is 4.57 Å². The number of fused-ring (bicyclic) bond motifs is 1. The number of aromatic nitrogens is 1. The fraction of sp³-hybridized carbons (Fsp3) is 0.250. The number of anilines is 1. The quantitative estimate of drug-likeness (QED) is 0.399. The molecule has 9 nitrogen and oxygen atoms in total. The molecule has 1 aliphatic heterocycles. The van der Waals surface area contributed by atoms with Gasteiger partial charge in [0.2, 0.25) is 5.91 Å². The van der Waals surface area contributed by atoms with Crippen LogP contribution >= 0.6 is 11.8 Å². The van der Waals surface area contributed by atoms with E-state index in [9.17, 15) is 14.4 Å². The third kappa shape index (κ3) is 5.12. The predicted octanol–water partition coefficient (Wildman–Crippen LogP) is 2.59. The molecule has 0 bridgehead atoms. The van der Waals surface area contributed by atoms with Crippen molar-refractivity contribution < 1.29 is 28.6 Å². The number of thioether (sulfide) groups is 1. The molecular weight excluding hydrogens is 506 g/mol. The molecule has 38 heavy (non-hydrogen) atoms. The summed E-state index contributed by atoms with van der Waals surface area (Å²) in [6.07, 6.45) is 1.70.